The van der Waals surface area contributed by atoms with Crippen molar-refractivity contribution in [3.05, 3.63) is 34.3 Å². The van der Waals surface area contributed by atoms with Gasteiger partial charge in [-0.3, -0.25) is 0 Å². The molecule has 1 aromatic carbocycles. The summed E-state index contributed by atoms with van der Waals surface area (Å²) < 4.78 is 0. The van der Waals surface area contributed by atoms with Crippen molar-refractivity contribution in [3.63, 3.8) is 0 Å². The first kappa shape index (κ1) is 14.0. The first-order valence-electron chi connectivity index (χ1n) is 6.04. The number of hydrogen-bond donors (Lipinski definition) is 0. The van der Waals surface area contributed by atoms with Gasteiger partial charge >= 0.3 is 0 Å². The number of unbranched alkanes of at least 4 members (excludes halogenated alkanes) is 2. The quantitative estimate of drug-likeness (QED) is 0.718. The molecule has 1 aromatic rings. The van der Waals surface area contributed by atoms with Crippen LogP contribution in [0.2, 0.25) is 5.02 Å². The van der Waals surface area contributed by atoms with Crippen molar-refractivity contribution in [2.24, 2.45) is 0 Å². The lowest BCUT2D eigenvalue weighted by Crippen LogP contribution is -2.19. The van der Waals surface area contributed by atoms with E-state index in [4.69, 9.17) is 16.9 Å². The zero-order valence-corrected chi connectivity index (χ0v) is 11.3. The molecular weight excluding hydrogens is 232 g/mol. The van der Waals surface area contributed by atoms with Crippen molar-refractivity contribution in [3.8, 4) is 6.07 Å². The highest BCUT2D eigenvalue weighted by Crippen LogP contribution is 2.19. The zero-order chi connectivity index (χ0) is 12.7. The van der Waals surface area contributed by atoms with Crippen LogP contribution in [-0.2, 0) is 6.54 Å². The van der Waals surface area contributed by atoms with E-state index in [0.717, 1.165) is 18.7 Å². The number of rotatable bonds is 6. The lowest BCUT2D eigenvalue weighted by molar-refractivity contribution is 0.318. The Balaban J connectivity index is 2.54. The van der Waals surface area contributed by atoms with E-state index in [9.17, 15) is 0 Å². The maximum absolute atomic E-state index is 8.76. The number of hydrogen-bond acceptors (Lipinski definition) is 2. The number of benzene rings is 1. The van der Waals surface area contributed by atoms with Crippen LogP contribution >= 0.6 is 11.6 Å². The summed E-state index contributed by atoms with van der Waals surface area (Å²) in [5.74, 6) is 0. The minimum Gasteiger partial charge on any atom is -0.302 e. The van der Waals surface area contributed by atoms with Crippen LogP contribution in [0.3, 0.4) is 0 Å². The molecule has 0 aliphatic heterocycles. The fourth-order valence-corrected chi connectivity index (χ4v) is 1.99. The zero-order valence-electron chi connectivity index (χ0n) is 10.5. The molecule has 0 fully saturated rings. The molecule has 0 radical (unpaired) electrons. The topological polar surface area (TPSA) is 27.0 Å². The number of nitrogens with zero attached hydrogens (tertiary/aromatic N) is 2. The van der Waals surface area contributed by atoms with Gasteiger partial charge in [-0.15, -0.1) is 0 Å². The molecule has 0 saturated heterocycles. The second-order valence-corrected chi connectivity index (χ2v) is 4.77. The molecule has 0 unspecified atom stereocenters. The van der Waals surface area contributed by atoms with E-state index in [0.29, 0.717) is 10.6 Å². The molecule has 0 N–H and O–H groups in total. The van der Waals surface area contributed by atoms with Gasteiger partial charge in [0.15, 0.2) is 0 Å². The second-order valence-electron chi connectivity index (χ2n) is 4.36. The van der Waals surface area contributed by atoms with Gasteiger partial charge in [-0.2, -0.15) is 5.26 Å². The molecule has 0 heterocycles. The molecule has 0 aliphatic carbocycles. The van der Waals surface area contributed by atoms with Crippen molar-refractivity contribution in [1.82, 2.24) is 4.90 Å². The lowest BCUT2D eigenvalue weighted by Gasteiger charge is -2.17. The molecular formula is C14H19ClN2. The predicted octanol–water partition coefficient (Wildman–Crippen LogP) is 3.83. The molecule has 0 aromatic heterocycles. The van der Waals surface area contributed by atoms with E-state index in [-0.39, 0.29) is 0 Å². The van der Waals surface area contributed by atoms with Crippen LogP contribution < -0.4 is 0 Å². The monoisotopic (exact) mass is 250 g/mol. The summed E-state index contributed by atoms with van der Waals surface area (Å²) in [5, 5.41) is 9.45. The van der Waals surface area contributed by atoms with Crippen LogP contribution in [0.1, 0.15) is 37.3 Å². The summed E-state index contributed by atoms with van der Waals surface area (Å²) in [6, 6.07) is 7.59. The summed E-state index contributed by atoms with van der Waals surface area (Å²) in [5.41, 5.74) is 1.71. The molecule has 0 amide bonds. The van der Waals surface area contributed by atoms with Gasteiger partial charge in [0.2, 0.25) is 0 Å². The van der Waals surface area contributed by atoms with Crippen LogP contribution in [0, 0.1) is 11.3 Å². The average Bonchev–Trinajstić information content (AvgIpc) is 2.32. The molecule has 1 rings (SSSR count). The molecule has 17 heavy (non-hydrogen) atoms. The van der Waals surface area contributed by atoms with Gasteiger partial charge in [-0.1, -0.05) is 37.4 Å². The van der Waals surface area contributed by atoms with E-state index in [1.807, 2.05) is 12.1 Å². The molecule has 0 bridgehead atoms. The predicted molar refractivity (Wildman–Crippen MR) is 72.0 cm³/mol. The van der Waals surface area contributed by atoms with Gasteiger partial charge < -0.3 is 4.90 Å². The Morgan fingerprint density at radius 2 is 2.12 bits per heavy atom. The lowest BCUT2D eigenvalue weighted by atomic mass is 10.1. The maximum atomic E-state index is 8.76. The summed E-state index contributed by atoms with van der Waals surface area (Å²) >= 11 is 6.14. The molecule has 0 atom stereocenters. The Hall–Kier alpha value is -1.04. The second kappa shape index (κ2) is 7.32. The van der Waals surface area contributed by atoms with Gasteiger partial charge in [-0.25, -0.2) is 0 Å². The Labute approximate surface area is 109 Å². The summed E-state index contributed by atoms with van der Waals surface area (Å²) in [6.07, 6.45) is 3.73. The van der Waals surface area contributed by atoms with Crippen LogP contribution in [0.4, 0.5) is 0 Å². The van der Waals surface area contributed by atoms with Crippen LogP contribution in [0.25, 0.3) is 0 Å². The summed E-state index contributed by atoms with van der Waals surface area (Å²) in [6.45, 7) is 4.13. The normalized spacial score (nSPS) is 10.5. The van der Waals surface area contributed by atoms with Gasteiger partial charge in [0, 0.05) is 11.6 Å². The van der Waals surface area contributed by atoms with Crippen molar-refractivity contribution >= 4 is 11.6 Å². The van der Waals surface area contributed by atoms with E-state index in [2.05, 4.69) is 24.9 Å². The molecule has 3 heteroatoms. The smallest absolute Gasteiger partial charge is 0.0992 e. The van der Waals surface area contributed by atoms with Crippen LogP contribution in [-0.4, -0.2) is 18.5 Å². The molecule has 0 spiro atoms. The van der Waals surface area contributed by atoms with E-state index in [1.54, 1.807) is 6.07 Å². The first-order valence-corrected chi connectivity index (χ1v) is 6.42. The summed E-state index contributed by atoms with van der Waals surface area (Å²) in [7, 11) is 2.10. The molecule has 92 valence electrons. The minimum absolute atomic E-state index is 0.618. The third-order valence-electron chi connectivity index (χ3n) is 2.77. The minimum atomic E-state index is 0.618. The fourth-order valence-electron chi connectivity index (χ4n) is 1.75. The van der Waals surface area contributed by atoms with Gasteiger partial charge in [0.05, 0.1) is 11.6 Å². The third-order valence-corrected chi connectivity index (χ3v) is 3.12. The van der Waals surface area contributed by atoms with Crippen molar-refractivity contribution in [2.45, 2.75) is 32.7 Å². The third kappa shape index (κ3) is 4.77. The molecule has 0 aliphatic rings. The van der Waals surface area contributed by atoms with Gasteiger partial charge in [0.1, 0.15) is 0 Å². The van der Waals surface area contributed by atoms with Crippen molar-refractivity contribution < 1.29 is 0 Å². The summed E-state index contributed by atoms with van der Waals surface area (Å²) in [4.78, 5) is 2.27. The highest BCUT2D eigenvalue weighted by atomic mass is 35.5. The first-order chi connectivity index (χ1) is 8.17. The number of halogens is 1. The van der Waals surface area contributed by atoms with Gasteiger partial charge in [0.25, 0.3) is 0 Å². The molecule has 0 saturated carbocycles. The largest absolute Gasteiger partial charge is 0.302 e. The highest BCUT2D eigenvalue weighted by Gasteiger charge is 2.05. The van der Waals surface area contributed by atoms with E-state index < -0.39 is 0 Å². The molecule has 2 nitrogen and oxygen atoms in total. The Morgan fingerprint density at radius 1 is 1.35 bits per heavy atom. The van der Waals surface area contributed by atoms with Crippen LogP contribution in [0.5, 0.6) is 0 Å². The van der Waals surface area contributed by atoms with Gasteiger partial charge in [-0.05, 0) is 37.7 Å². The van der Waals surface area contributed by atoms with Crippen molar-refractivity contribution in [2.75, 3.05) is 13.6 Å². The average molecular weight is 251 g/mol. The maximum Gasteiger partial charge on any atom is 0.0992 e. The van der Waals surface area contributed by atoms with E-state index >= 15 is 0 Å². The highest BCUT2D eigenvalue weighted by molar-refractivity contribution is 6.31. The Kier molecular flexibility index (Phi) is 6.04. The van der Waals surface area contributed by atoms with Crippen LogP contribution in [0.15, 0.2) is 18.2 Å². The Bertz CT molecular complexity index is 396. The van der Waals surface area contributed by atoms with E-state index in [1.165, 1.54) is 19.3 Å². The standard InChI is InChI=1S/C14H19ClN2/c1-3-4-5-8-17(2)11-13-7-6-12(10-16)9-14(13)15/h6-7,9H,3-5,8,11H2,1-2H3. The van der Waals surface area contributed by atoms with Crippen molar-refractivity contribution in [1.29, 1.82) is 5.26 Å². The Morgan fingerprint density at radius 3 is 2.71 bits per heavy atom. The SMILES string of the molecule is CCCCCN(C)Cc1ccc(C#N)cc1Cl. The fraction of sp³-hybridized carbons (Fsp3) is 0.500. The number of nitriles is 1.